The third-order valence-corrected chi connectivity index (χ3v) is 3.56. The molecule has 1 aliphatic heterocycles. The lowest BCUT2D eigenvalue weighted by atomic mass is 9.94. The summed E-state index contributed by atoms with van der Waals surface area (Å²) in [6, 6.07) is 6.80. The number of amides is 2. The Morgan fingerprint density at radius 1 is 1.27 bits per heavy atom. The van der Waals surface area contributed by atoms with Gasteiger partial charge >= 0.3 is 11.8 Å². The van der Waals surface area contributed by atoms with Crippen molar-refractivity contribution in [3.8, 4) is 5.75 Å². The van der Waals surface area contributed by atoms with E-state index in [1.54, 1.807) is 24.3 Å². The molecular formula is C15H20N2O5. The molecule has 0 aromatic heterocycles. The average molecular weight is 308 g/mol. The Bertz CT molecular complexity index is 540. The number of para-hydroxylation sites is 2. The predicted octanol–water partition coefficient (Wildman–Crippen LogP) is 0.291. The molecule has 1 fully saturated rings. The van der Waals surface area contributed by atoms with Crippen molar-refractivity contribution in [3.05, 3.63) is 24.3 Å². The van der Waals surface area contributed by atoms with Gasteiger partial charge in [-0.15, -0.1) is 0 Å². The number of hydrogen-bond acceptors (Lipinski definition) is 5. The number of methoxy groups -OCH3 is 1. The number of carbonyl (C=O) groups excluding carboxylic acids is 2. The zero-order chi connectivity index (χ0) is 16.0. The number of ether oxygens (including phenoxy) is 2. The third-order valence-electron chi connectivity index (χ3n) is 3.56. The van der Waals surface area contributed by atoms with E-state index in [0.717, 1.165) is 0 Å². The van der Waals surface area contributed by atoms with Crippen molar-refractivity contribution in [2.75, 3.05) is 32.2 Å². The van der Waals surface area contributed by atoms with Gasteiger partial charge in [-0.05, 0) is 12.1 Å². The van der Waals surface area contributed by atoms with Crippen LogP contribution in [0.25, 0.3) is 0 Å². The van der Waals surface area contributed by atoms with E-state index in [4.69, 9.17) is 9.47 Å². The number of nitrogens with one attached hydrogen (secondary N) is 2. The molecule has 2 amide bonds. The smallest absolute Gasteiger partial charge is 0.313 e. The highest BCUT2D eigenvalue weighted by molar-refractivity contribution is 6.39. The molecule has 1 aromatic carbocycles. The first kappa shape index (κ1) is 16.3. The van der Waals surface area contributed by atoms with E-state index >= 15 is 0 Å². The highest BCUT2D eigenvalue weighted by atomic mass is 16.5. The molecule has 22 heavy (non-hydrogen) atoms. The van der Waals surface area contributed by atoms with Gasteiger partial charge in [0.1, 0.15) is 5.75 Å². The van der Waals surface area contributed by atoms with Crippen molar-refractivity contribution < 1.29 is 24.2 Å². The molecule has 7 nitrogen and oxygen atoms in total. The maximum Gasteiger partial charge on any atom is 0.313 e. The van der Waals surface area contributed by atoms with Gasteiger partial charge < -0.3 is 25.2 Å². The highest BCUT2D eigenvalue weighted by Crippen LogP contribution is 2.23. The predicted molar refractivity (Wildman–Crippen MR) is 79.6 cm³/mol. The number of rotatable bonds is 4. The Balaban J connectivity index is 1.88. The Labute approximate surface area is 128 Å². The van der Waals surface area contributed by atoms with Gasteiger partial charge in [0.25, 0.3) is 0 Å². The lowest BCUT2D eigenvalue weighted by molar-refractivity contribution is -0.137. The molecule has 0 aliphatic carbocycles. The van der Waals surface area contributed by atoms with Gasteiger partial charge in [0.05, 0.1) is 18.4 Å². The molecule has 1 saturated heterocycles. The van der Waals surface area contributed by atoms with Crippen LogP contribution in [0.4, 0.5) is 5.69 Å². The molecule has 0 atom stereocenters. The van der Waals surface area contributed by atoms with E-state index in [-0.39, 0.29) is 6.54 Å². The van der Waals surface area contributed by atoms with Crippen LogP contribution >= 0.6 is 0 Å². The lowest BCUT2D eigenvalue weighted by Gasteiger charge is -2.31. The standard InChI is InChI=1S/C15H20N2O5/c1-21-12-5-3-2-4-11(12)17-14(19)13(18)16-10-15(20)6-8-22-9-7-15/h2-5,20H,6-10H2,1H3,(H,16,18)(H,17,19). The maximum absolute atomic E-state index is 11.9. The zero-order valence-corrected chi connectivity index (χ0v) is 12.4. The summed E-state index contributed by atoms with van der Waals surface area (Å²) in [4.78, 5) is 23.7. The van der Waals surface area contributed by atoms with E-state index in [9.17, 15) is 14.7 Å². The topological polar surface area (TPSA) is 96.9 Å². The van der Waals surface area contributed by atoms with Crippen LogP contribution in [0.5, 0.6) is 5.75 Å². The van der Waals surface area contributed by atoms with Crippen LogP contribution in [0.2, 0.25) is 0 Å². The van der Waals surface area contributed by atoms with Crippen molar-refractivity contribution in [3.63, 3.8) is 0 Å². The third kappa shape index (κ3) is 4.19. The number of aliphatic hydroxyl groups is 1. The molecule has 1 heterocycles. The first-order chi connectivity index (χ1) is 10.5. The zero-order valence-electron chi connectivity index (χ0n) is 12.4. The average Bonchev–Trinajstić information content (AvgIpc) is 2.54. The van der Waals surface area contributed by atoms with Gasteiger partial charge in [-0.25, -0.2) is 0 Å². The van der Waals surface area contributed by atoms with Crippen LogP contribution in [0.15, 0.2) is 24.3 Å². The van der Waals surface area contributed by atoms with Crippen LogP contribution in [-0.4, -0.2) is 49.4 Å². The molecule has 0 unspecified atom stereocenters. The van der Waals surface area contributed by atoms with Crippen molar-refractivity contribution >= 4 is 17.5 Å². The molecule has 3 N–H and O–H groups in total. The Hall–Kier alpha value is -2.12. The summed E-state index contributed by atoms with van der Waals surface area (Å²) in [5.74, 6) is -1.14. The minimum atomic E-state index is -1.02. The van der Waals surface area contributed by atoms with E-state index in [1.807, 2.05) is 0 Å². The van der Waals surface area contributed by atoms with Crippen molar-refractivity contribution in [1.82, 2.24) is 5.32 Å². The summed E-state index contributed by atoms with van der Waals surface area (Å²) < 4.78 is 10.3. The van der Waals surface area contributed by atoms with Crippen LogP contribution in [-0.2, 0) is 14.3 Å². The Morgan fingerprint density at radius 3 is 2.64 bits per heavy atom. The maximum atomic E-state index is 11.9. The fraction of sp³-hybridized carbons (Fsp3) is 0.467. The van der Waals surface area contributed by atoms with Gasteiger partial charge in [-0.1, -0.05) is 12.1 Å². The number of hydrogen-bond donors (Lipinski definition) is 3. The second-order valence-electron chi connectivity index (χ2n) is 5.17. The monoisotopic (exact) mass is 308 g/mol. The van der Waals surface area contributed by atoms with Crippen molar-refractivity contribution in [2.45, 2.75) is 18.4 Å². The first-order valence-corrected chi connectivity index (χ1v) is 7.06. The normalized spacial score (nSPS) is 16.6. The number of anilines is 1. The Morgan fingerprint density at radius 2 is 1.95 bits per heavy atom. The van der Waals surface area contributed by atoms with Crippen LogP contribution < -0.4 is 15.4 Å². The fourth-order valence-corrected chi connectivity index (χ4v) is 2.18. The van der Waals surface area contributed by atoms with E-state index in [0.29, 0.717) is 37.5 Å². The summed E-state index contributed by atoms with van der Waals surface area (Å²) in [5.41, 5.74) is -0.603. The number of carbonyl (C=O) groups is 2. The molecule has 7 heteroatoms. The van der Waals surface area contributed by atoms with E-state index < -0.39 is 17.4 Å². The SMILES string of the molecule is COc1ccccc1NC(=O)C(=O)NCC1(O)CCOCC1. The number of benzene rings is 1. The van der Waals surface area contributed by atoms with Crippen LogP contribution in [0.3, 0.4) is 0 Å². The molecule has 120 valence electrons. The van der Waals surface area contributed by atoms with Gasteiger partial charge in [0.2, 0.25) is 0 Å². The van der Waals surface area contributed by atoms with Gasteiger partial charge in [0, 0.05) is 32.6 Å². The highest BCUT2D eigenvalue weighted by Gasteiger charge is 2.31. The van der Waals surface area contributed by atoms with Crippen molar-refractivity contribution in [1.29, 1.82) is 0 Å². The molecular weight excluding hydrogens is 288 g/mol. The largest absolute Gasteiger partial charge is 0.495 e. The van der Waals surface area contributed by atoms with Crippen molar-refractivity contribution in [2.24, 2.45) is 0 Å². The summed E-state index contributed by atoms with van der Waals surface area (Å²) in [7, 11) is 1.48. The van der Waals surface area contributed by atoms with Crippen LogP contribution in [0.1, 0.15) is 12.8 Å². The van der Waals surface area contributed by atoms with Gasteiger partial charge in [-0.2, -0.15) is 0 Å². The Kier molecular flexibility index (Phi) is 5.35. The molecule has 1 aliphatic rings. The van der Waals surface area contributed by atoms with Gasteiger partial charge in [0.15, 0.2) is 0 Å². The summed E-state index contributed by atoms with van der Waals surface area (Å²) in [5, 5.41) is 15.2. The molecule has 1 aromatic rings. The second kappa shape index (κ2) is 7.24. The van der Waals surface area contributed by atoms with Gasteiger partial charge in [-0.3, -0.25) is 9.59 Å². The van der Waals surface area contributed by atoms with E-state index in [2.05, 4.69) is 10.6 Å². The minimum absolute atomic E-state index is 0.0224. The van der Waals surface area contributed by atoms with Crippen LogP contribution in [0, 0.1) is 0 Å². The van der Waals surface area contributed by atoms with E-state index in [1.165, 1.54) is 7.11 Å². The minimum Gasteiger partial charge on any atom is -0.495 e. The fourth-order valence-electron chi connectivity index (χ4n) is 2.18. The molecule has 0 bridgehead atoms. The second-order valence-corrected chi connectivity index (χ2v) is 5.17. The molecule has 0 spiro atoms. The summed E-state index contributed by atoms with van der Waals surface area (Å²) >= 11 is 0. The first-order valence-electron chi connectivity index (χ1n) is 7.06. The quantitative estimate of drug-likeness (QED) is 0.695. The summed E-state index contributed by atoms with van der Waals surface area (Å²) in [6.07, 6.45) is 0.864. The lowest BCUT2D eigenvalue weighted by Crippen LogP contribution is -2.48. The summed E-state index contributed by atoms with van der Waals surface area (Å²) in [6.45, 7) is 0.911. The molecule has 0 saturated carbocycles. The molecule has 0 radical (unpaired) electrons. The molecule has 2 rings (SSSR count).